The Hall–Kier alpha value is -2.99. The third-order valence-electron chi connectivity index (χ3n) is 3.82. The van der Waals surface area contributed by atoms with E-state index < -0.39 is 0 Å². The van der Waals surface area contributed by atoms with Crippen molar-refractivity contribution in [3.63, 3.8) is 0 Å². The summed E-state index contributed by atoms with van der Waals surface area (Å²) in [6.07, 6.45) is 3.34. The molecule has 26 heavy (non-hydrogen) atoms. The van der Waals surface area contributed by atoms with Gasteiger partial charge < -0.3 is 14.8 Å². The van der Waals surface area contributed by atoms with E-state index in [-0.39, 0.29) is 5.91 Å². The summed E-state index contributed by atoms with van der Waals surface area (Å²) in [5.41, 5.74) is 2.14. The van der Waals surface area contributed by atoms with Gasteiger partial charge >= 0.3 is 0 Å². The fraction of sp³-hybridized carbons (Fsp3) is 0.158. The van der Waals surface area contributed by atoms with Crippen LogP contribution in [0.15, 0.2) is 54.9 Å². The Kier molecular flexibility index (Phi) is 5.43. The predicted octanol–water partition coefficient (Wildman–Crippen LogP) is 3.85. The summed E-state index contributed by atoms with van der Waals surface area (Å²) in [7, 11) is 3.12. The van der Waals surface area contributed by atoms with E-state index in [4.69, 9.17) is 21.1 Å². The summed E-state index contributed by atoms with van der Waals surface area (Å²) >= 11 is 5.86. The van der Waals surface area contributed by atoms with E-state index in [2.05, 4.69) is 10.4 Å². The van der Waals surface area contributed by atoms with E-state index in [9.17, 15) is 4.79 Å². The van der Waals surface area contributed by atoms with Crippen LogP contribution in [-0.4, -0.2) is 29.9 Å². The Morgan fingerprint density at radius 1 is 1.15 bits per heavy atom. The molecular formula is C19H18ClN3O3. The molecule has 1 heterocycles. The van der Waals surface area contributed by atoms with Crippen molar-refractivity contribution in [1.29, 1.82) is 0 Å². The lowest BCUT2D eigenvalue weighted by Crippen LogP contribution is -2.13. The third-order valence-corrected chi connectivity index (χ3v) is 4.01. The van der Waals surface area contributed by atoms with Gasteiger partial charge in [-0.3, -0.25) is 9.48 Å². The van der Waals surface area contributed by atoms with Gasteiger partial charge in [0, 0.05) is 17.8 Å². The first-order valence-electron chi connectivity index (χ1n) is 7.89. The van der Waals surface area contributed by atoms with Crippen LogP contribution in [0.3, 0.4) is 0 Å². The summed E-state index contributed by atoms with van der Waals surface area (Å²) in [6, 6.07) is 12.5. The second-order valence-corrected chi connectivity index (χ2v) is 6.01. The minimum Gasteiger partial charge on any atom is -0.497 e. The molecule has 7 heteroatoms. The van der Waals surface area contributed by atoms with Crippen LogP contribution in [0, 0.1) is 0 Å². The highest BCUT2D eigenvalue weighted by Gasteiger charge is 2.11. The zero-order valence-corrected chi connectivity index (χ0v) is 15.2. The molecule has 0 radical (unpaired) electrons. The molecule has 0 spiro atoms. The molecule has 1 aromatic heterocycles. The van der Waals surface area contributed by atoms with Crippen LogP contribution in [0.1, 0.15) is 15.9 Å². The summed E-state index contributed by atoms with van der Waals surface area (Å²) in [5, 5.41) is 7.58. The molecular weight excluding hydrogens is 354 g/mol. The number of amides is 1. The number of rotatable bonds is 6. The smallest absolute Gasteiger partial charge is 0.255 e. The summed E-state index contributed by atoms with van der Waals surface area (Å²) in [4.78, 5) is 12.5. The van der Waals surface area contributed by atoms with Gasteiger partial charge in [0.2, 0.25) is 0 Å². The Labute approximate surface area is 156 Å². The molecule has 3 aromatic rings. The first kappa shape index (κ1) is 17.8. The Bertz CT molecular complexity index is 907. The highest BCUT2D eigenvalue weighted by molar-refractivity contribution is 6.30. The predicted molar refractivity (Wildman–Crippen MR) is 100 cm³/mol. The van der Waals surface area contributed by atoms with Gasteiger partial charge in [0.25, 0.3) is 5.91 Å². The topological polar surface area (TPSA) is 65.4 Å². The molecule has 0 aliphatic rings. The maximum absolute atomic E-state index is 12.5. The van der Waals surface area contributed by atoms with Crippen molar-refractivity contribution in [2.24, 2.45) is 0 Å². The van der Waals surface area contributed by atoms with Crippen molar-refractivity contribution >= 4 is 23.2 Å². The number of ether oxygens (including phenoxy) is 2. The molecule has 2 aromatic carbocycles. The molecule has 6 nitrogen and oxygen atoms in total. The largest absolute Gasteiger partial charge is 0.497 e. The van der Waals surface area contributed by atoms with E-state index in [0.717, 1.165) is 5.56 Å². The van der Waals surface area contributed by atoms with Gasteiger partial charge in [0.05, 0.1) is 37.7 Å². The molecule has 0 atom stereocenters. The van der Waals surface area contributed by atoms with E-state index in [1.54, 1.807) is 61.6 Å². The van der Waals surface area contributed by atoms with Crippen LogP contribution in [-0.2, 0) is 6.54 Å². The first-order valence-corrected chi connectivity index (χ1v) is 8.27. The average molecular weight is 372 g/mol. The first-order chi connectivity index (χ1) is 12.6. The molecule has 0 saturated heterocycles. The molecule has 0 aliphatic heterocycles. The second-order valence-electron chi connectivity index (χ2n) is 5.57. The second kappa shape index (κ2) is 7.93. The Morgan fingerprint density at radius 2 is 1.92 bits per heavy atom. The molecule has 0 aliphatic carbocycles. The van der Waals surface area contributed by atoms with Gasteiger partial charge in [0.1, 0.15) is 11.5 Å². The number of anilines is 1. The van der Waals surface area contributed by atoms with E-state index in [1.807, 2.05) is 12.1 Å². The zero-order valence-electron chi connectivity index (χ0n) is 14.4. The quantitative estimate of drug-likeness (QED) is 0.714. The highest BCUT2D eigenvalue weighted by atomic mass is 35.5. The number of halogens is 1. The lowest BCUT2D eigenvalue weighted by Gasteiger charge is -2.12. The third kappa shape index (κ3) is 4.15. The zero-order chi connectivity index (χ0) is 18.5. The maximum Gasteiger partial charge on any atom is 0.255 e. The van der Waals surface area contributed by atoms with E-state index in [0.29, 0.717) is 34.3 Å². The van der Waals surface area contributed by atoms with Gasteiger partial charge in [-0.05, 0) is 29.8 Å². The minimum absolute atomic E-state index is 0.220. The summed E-state index contributed by atoms with van der Waals surface area (Å²) in [6.45, 7) is 0.584. The molecule has 0 saturated carbocycles. The Morgan fingerprint density at radius 3 is 2.54 bits per heavy atom. The molecule has 1 amide bonds. The fourth-order valence-corrected chi connectivity index (χ4v) is 2.63. The number of carbonyl (C=O) groups excluding carboxylic acids is 1. The van der Waals surface area contributed by atoms with Crippen LogP contribution in [0.2, 0.25) is 5.02 Å². The fourth-order valence-electron chi connectivity index (χ4n) is 2.47. The number of nitrogens with one attached hydrogen (secondary N) is 1. The van der Waals surface area contributed by atoms with Crippen molar-refractivity contribution in [3.05, 3.63) is 71.0 Å². The SMILES string of the molecule is COc1ccc(NC(=O)c2ccc(Cn3cc(Cl)cn3)cc2)c(OC)c1. The van der Waals surface area contributed by atoms with Crippen molar-refractivity contribution in [2.75, 3.05) is 19.5 Å². The van der Waals surface area contributed by atoms with Crippen molar-refractivity contribution in [1.82, 2.24) is 9.78 Å². The van der Waals surface area contributed by atoms with E-state index >= 15 is 0 Å². The van der Waals surface area contributed by atoms with Gasteiger partial charge in [-0.15, -0.1) is 0 Å². The molecule has 0 bridgehead atoms. The number of carbonyl (C=O) groups is 1. The summed E-state index contributed by atoms with van der Waals surface area (Å²) < 4.78 is 12.2. The van der Waals surface area contributed by atoms with Crippen LogP contribution in [0.25, 0.3) is 0 Å². The number of hydrogen-bond acceptors (Lipinski definition) is 4. The lowest BCUT2D eigenvalue weighted by atomic mass is 10.1. The van der Waals surface area contributed by atoms with Gasteiger partial charge in [0.15, 0.2) is 0 Å². The molecule has 1 N–H and O–H groups in total. The monoisotopic (exact) mass is 371 g/mol. The van der Waals surface area contributed by atoms with Crippen molar-refractivity contribution < 1.29 is 14.3 Å². The van der Waals surface area contributed by atoms with Crippen molar-refractivity contribution in [2.45, 2.75) is 6.54 Å². The normalized spacial score (nSPS) is 10.4. The number of aromatic nitrogens is 2. The lowest BCUT2D eigenvalue weighted by molar-refractivity contribution is 0.102. The van der Waals surface area contributed by atoms with Gasteiger partial charge in [-0.1, -0.05) is 23.7 Å². The maximum atomic E-state index is 12.5. The number of hydrogen-bond donors (Lipinski definition) is 1. The van der Waals surface area contributed by atoms with Crippen molar-refractivity contribution in [3.8, 4) is 11.5 Å². The molecule has 134 valence electrons. The summed E-state index contributed by atoms with van der Waals surface area (Å²) in [5.74, 6) is 0.968. The number of nitrogens with zero attached hydrogens (tertiary/aromatic N) is 2. The minimum atomic E-state index is -0.220. The van der Waals surface area contributed by atoms with Crippen LogP contribution in [0.5, 0.6) is 11.5 Å². The number of methoxy groups -OCH3 is 2. The van der Waals surface area contributed by atoms with Crippen LogP contribution in [0.4, 0.5) is 5.69 Å². The number of benzene rings is 2. The van der Waals surface area contributed by atoms with Crippen LogP contribution < -0.4 is 14.8 Å². The molecule has 0 fully saturated rings. The molecule has 0 unspecified atom stereocenters. The van der Waals surface area contributed by atoms with E-state index in [1.165, 1.54) is 0 Å². The van der Waals surface area contributed by atoms with Gasteiger partial charge in [-0.2, -0.15) is 5.10 Å². The Balaban J connectivity index is 1.70. The standard InChI is InChI=1S/C19H18ClN3O3/c1-25-16-7-8-17(18(9-16)26-2)22-19(24)14-5-3-13(4-6-14)11-23-12-15(20)10-21-23/h3-10,12H,11H2,1-2H3,(H,22,24). The average Bonchev–Trinajstić information content (AvgIpc) is 3.07. The highest BCUT2D eigenvalue weighted by Crippen LogP contribution is 2.29. The van der Waals surface area contributed by atoms with Gasteiger partial charge in [-0.25, -0.2) is 0 Å². The van der Waals surface area contributed by atoms with Crippen LogP contribution >= 0.6 is 11.6 Å². The molecule has 3 rings (SSSR count).